The molecular weight excluding hydrogens is 298 g/mol. The number of hydrogen-bond acceptors (Lipinski definition) is 4. The van der Waals surface area contributed by atoms with Crippen LogP contribution in [0.4, 0.5) is 0 Å². The molecule has 6 nitrogen and oxygen atoms in total. The van der Waals surface area contributed by atoms with Gasteiger partial charge in [0, 0.05) is 18.7 Å². The molecule has 0 unspecified atom stereocenters. The van der Waals surface area contributed by atoms with Crippen LogP contribution in [-0.4, -0.2) is 53.8 Å². The van der Waals surface area contributed by atoms with Crippen molar-refractivity contribution in [3.63, 3.8) is 0 Å². The number of rotatable bonds is 4. The second-order valence-corrected chi connectivity index (χ2v) is 6.46. The van der Waals surface area contributed by atoms with Crippen molar-refractivity contribution in [2.75, 3.05) is 26.3 Å². The van der Waals surface area contributed by atoms with Gasteiger partial charge in [-0.05, 0) is 51.0 Å². The number of carbonyl (C=O) groups is 2. The minimum absolute atomic E-state index is 0.0441. The van der Waals surface area contributed by atoms with Gasteiger partial charge in [0.2, 0.25) is 0 Å². The van der Waals surface area contributed by atoms with Crippen molar-refractivity contribution in [3.8, 4) is 5.75 Å². The molecule has 1 saturated heterocycles. The maximum Gasteiger partial charge on any atom is 0.341 e. The zero-order chi connectivity index (χ0) is 17.2. The molecule has 0 saturated carbocycles. The molecule has 0 aliphatic carbocycles. The van der Waals surface area contributed by atoms with Crippen molar-refractivity contribution >= 4 is 11.9 Å². The molecule has 1 aliphatic rings. The molecule has 2 rings (SSSR count). The standard InChI is InChI=1S/C17H23NO5/c1-11-7-13(8-12(2)15(11)22-9-14(19)20)16(21)18-5-6-23-17(3,4)10-18/h7-8H,5-6,9-10H2,1-4H3,(H,19,20). The van der Waals surface area contributed by atoms with E-state index in [4.69, 9.17) is 14.6 Å². The average molecular weight is 321 g/mol. The number of carboxylic acids is 1. The predicted molar refractivity (Wildman–Crippen MR) is 85.0 cm³/mol. The third-order valence-electron chi connectivity index (χ3n) is 3.76. The molecule has 0 radical (unpaired) electrons. The fourth-order valence-electron chi connectivity index (χ4n) is 2.81. The lowest BCUT2D eigenvalue weighted by Crippen LogP contribution is -2.50. The molecule has 0 bridgehead atoms. The van der Waals surface area contributed by atoms with Gasteiger partial charge in [0.15, 0.2) is 6.61 Å². The number of carboxylic acid groups (broad SMARTS) is 1. The number of hydrogen-bond donors (Lipinski definition) is 1. The van der Waals surface area contributed by atoms with Crippen molar-refractivity contribution < 1.29 is 24.2 Å². The topological polar surface area (TPSA) is 76.1 Å². The highest BCUT2D eigenvalue weighted by atomic mass is 16.5. The molecule has 1 N–H and O–H groups in total. The molecule has 6 heteroatoms. The van der Waals surface area contributed by atoms with E-state index in [1.165, 1.54) is 0 Å². The molecule has 23 heavy (non-hydrogen) atoms. The normalized spacial score (nSPS) is 17.0. The fraction of sp³-hybridized carbons (Fsp3) is 0.529. The number of aryl methyl sites for hydroxylation is 2. The maximum atomic E-state index is 12.7. The summed E-state index contributed by atoms with van der Waals surface area (Å²) in [6.45, 7) is 8.79. The Balaban J connectivity index is 2.20. The molecule has 1 fully saturated rings. The van der Waals surface area contributed by atoms with Crippen LogP contribution in [-0.2, 0) is 9.53 Å². The fourth-order valence-corrected chi connectivity index (χ4v) is 2.81. The van der Waals surface area contributed by atoms with E-state index in [-0.39, 0.29) is 11.5 Å². The Bertz CT molecular complexity index is 600. The Labute approximate surface area is 136 Å². The van der Waals surface area contributed by atoms with Crippen LogP contribution in [0.25, 0.3) is 0 Å². The third-order valence-corrected chi connectivity index (χ3v) is 3.76. The highest BCUT2D eigenvalue weighted by Gasteiger charge is 2.30. The number of carbonyl (C=O) groups excluding carboxylic acids is 1. The van der Waals surface area contributed by atoms with Crippen LogP contribution < -0.4 is 4.74 Å². The van der Waals surface area contributed by atoms with Crippen LogP contribution in [0.1, 0.15) is 35.3 Å². The Morgan fingerprint density at radius 3 is 2.43 bits per heavy atom. The van der Waals surface area contributed by atoms with Crippen molar-refractivity contribution in [1.29, 1.82) is 0 Å². The summed E-state index contributed by atoms with van der Waals surface area (Å²) in [7, 11) is 0. The molecule has 1 aliphatic heterocycles. The van der Waals surface area contributed by atoms with Gasteiger partial charge in [0.1, 0.15) is 5.75 Å². The molecule has 0 spiro atoms. The predicted octanol–water partition coefficient (Wildman–Crippen LogP) is 2.02. The summed E-state index contributed by atoms with van der Waals surface area (Å²) in [5.74, 6) is -0.553. The highest BCUT2D eigenvalue weighted by molar-refractivity contribution is 5.95. The van der Waals surface area contributed by atoms with Crippen LogP contribution in [0.2, 0.25) is 0 Å². The Morgan fingerprint density at radius 1 is 1.30 bits per heavy atom. The number of ether oxygens (including phenoxy) is 2. The number of aliphatic carboxylic acids is 1. The molecular formula is C17H23NO5. The van der Waals surface area contributed by atoms with Gasteiger partial charge >= 0.3 is 5.97 Å². The quantitative estimate of drug-likeness (QED) is 0.918. The van der Waals surface area contributed by atoms with E-state index in [2.05, 4.69) is 0 Å². The minimum atomic E-state index is -1.03. The first kappa shape index (κ1) is 17.3. The monoisotopic (exact) mass is 321 g/mol. The summed E-state index contributed by atoms with van der Waals surface area (Å²) >= 11 is 0. The lowest BCUT2D eigenvalue weighted by molar-refractivity contribution is -0.139. The summed E-state index contributed by atoms with van der Waals surface area (Å²) in [4.78, 5) is 25.1. The van der Waals surface area contributed by atoms with Gasteiger partial charge in [0.05, 0.1) is 12.2 Å². The number of benzene rings is 1. The van der Waals surface area contributed by atoms with E-state index in [0.717, 1.165) is 11.1 Å². The van der Waals surface area contributed by atoms with Crippen molar-refractivity contribution in [3.05, 3.63) is 28.8 Å². The van der Waals surface area contributed by atoms with Crippen LogP contribution in [0.3, 0.4) is 0 Å². The van der Waals surface area contributed by atoms with Crippen LogP contribution in [0.15, 0.2) is 12.1 Å². The first-order valence-corrected chi connectivity index (χ1v) is 7.59. The van der Waals surface area contributed by atoms with E-state index in [1.54, 1.807) is 17.0 Å². The second kappa shape index (κ2) is 6.58. The highest BCUT2D eigenvalue weighted by Crippen LogP contribution is 2.26. The van der Waals surface area contributed by atoms with E-state index in [1.807, 2.05) is 27.7 Å². The lowest BCUT2D eigenvalue weighted by Gasteiger charge is -2.38. The van der Waals surface area contributed by atoms with Gasteiger partial charge in [-0.25, -0.2) is 4.79 Å². The largest absolute Gasteiger partial charge is 0.481 e. The van der Waals surface area contributed by atoms with Gasteiger partial charge in [-0.2, -0.15) is 0 Å². The first-order valence-electron chi connectivity index (χ1n) is 7.59. The minimum Gasteiger partial charge on any atom is -0.481 e. The zero-order valence-electron chi connectivity index (χ0n) is 14.0. The summed E-state index contributed by atoms with van der Waals surface area (Å²) in [5, 5.41) is 8.72. The van der Waals surface area contributed by atoms with Gasteiger partial charge in [-0.3, -0.25) is 4.79 Å². The SMILES string of the molecule is Cc1cc(C(=O)N2CCOC(C)(C)C2)cc(C)c1OCC(=O)O. The van der Waals surface area contributed by atoms with E-state index in [9.17, 15) is 9.59 Å². The van der Waals surface area contributed by atoms with E-state index < -0.39 is 12.6 Å². The first-order chi connectivity index (χ1) is 10.7. The van der Waals surface area contributed by atoms with Gasteiger partial charge in [-0.1, -0.05) is 0 Å². The van der Waals surface area contributed by atoms with Crippen LogP contribution in [0, 0.1) is 13.8 Å². The maximum absolute atomic E-state index is 12.7. The van der Waals surface area contributed by atoms with E-state index >= 15 is 0 Å². The second-order valence-electron chi connectivity index (χ2n) is 6.46. The van der Waals surface area contributed by atoms with Crippen LogP contribution in [0.5, 0.6) is 5.75 Å². The Hall–Kier alpha value is -2.08. The average Bonchev–Trinajstić information content (AvgIpc) is 2.44. The molecule has 0 aromatic heterocycles. The molecule has 0 atom stereocenters. The zero-order valence-corrected chi connectivity index (χ0v) is 14.0. The summed E-state index contributed by atoms with van der Waals surface area (Å²) in [5.41, 5.74) is 1.74. The molecule has 126 valence electrons. The third kappa shape index (κ3) is 4.22. The molecule has 1 amide bonds. The number of morpholine rings is 1. The summed E-state index contributed by atoms with van der Waals surface area (Å²) < 4.78 is 10.9. The van der Waals surface area contributed by atoms with Crippen molar-refractivity contribution in [2.24, 2.45) is 0 Å². The van der Waals surface area contributed by atoms with Crippen molar-refractivity contribution in [2.45, 2.75) is 33.3 Å². The van der Waals surface area contributed by atoms with Crippen LogP contribution >= 0.6 is 0 Å². The van der Waals surface area contributed by atoms with Gasteiger partial charge in [-0.15, -0.1) is 0 Å². The smallest absolute Gasteiger partial charge is 0.341 e. The summed E-state index contributed by atoms with van der Waals surface area (Å²) in [6, 6.07) is 3.49. The van der Waals surface area contributed by atoms with Gasteiger partial charge < -0.3 is 19.5 Å². The number of amides is 1. The molecule has 1 aromatic rings. The Morgan fingerprint density at radius 2 is 1.91 bits per heavy atom. The summed E-state index contributed by atoms with van der Waals surface area (Å²) in [6.07, 6.45) is 0. The van der Waals surface area contributed by atoms with Gasteiger partial charge in [0.25, 0.3) is 5.91 Å². The molecule has 1 aromatic carbocycles. The van der Waals surface area contributed by atoms with E-state index in [0.29, 0.717) is 31.0 Å². The Kier molecular flexibility index (Phi) is 4.94. The molecule has 1 heterocycles. The number of nitrogens with zero attached hydrogens (tertiary/aromatic N) is 1. The van der Waals surface area contributed by atoms with Crippen molar-refractivity contribution in [1.82, 2.24) is 4.90 Å². The lowest BCUT2D eigenvalue weighted by atomic mass is 10.0.